The molecule has 0 aliphatic carbocycles. The van der Waals surface area contributed by atoms with Crippen LogP contribution in [0.4, 0.5) is 5.69 Å². The summed E-state index contributed by atoms with van der Waals surface area (Å²) in [4.78, 5) is 29.9. The van der Waals surface area contributed by atoms with E-state index in [1.54, 1.807) is 60.7 Å². The largest absolute Gasteiger partial charge is 0.336 e. The molecule has 1 aliphatic rings. The Labute approximate surface area is 228 Å². The first-order valence-corrected chi connectivity index (χ1v) is 14.1. The van der Waals surface area contributed by atoms with Crippen LogP contribution in [0.15, 0.2) is 77.7 Å². The fraction of sp³-hybridized carbons (Fsp3) is 0.286. The zero-order chi connectivity index (χ0) is 27.3. The standard InChI is InChI=1S/C28H31ClN4O4S/c1-21-6-12-26(13-7-21)38(36,37)33(19-22-4-3-5-24(29)18-22)20-27(34)30-25-10-8-23(9-11-25)28(35)32-16-14-31(2)15-17-32/h3-13,18H,14-17,19-20H2,1-2H3,(H,30,34). The number of anilines is 1. The lowest BCUT2D eigenvalue weighted by molar-refractivity contribution is -0.116. The van der Waals surface area contributed by atoms with E-state index >= 15 is 0 Å². The number of nitrogens with zero attached hydrogens (tertiary/aromatic N) is 3. The molecule has 200 valence electrons. The quantitative estimate of drug-likeness (QED) is 0.456. The number of rotatable bonds is 8. The highest BCUT2D eigenvalue weighted by Gasteiger charge is 2.27. The van der Waals surface area contributed by atoms with Crippen LogP contribution in [0.25, 0.3) is 0 Å². The topological polar surface area (TPSA) is 90.0 Å². The molecule has 1 N–H and O–H groups in total. The van der Waals surface area contributed by atoms with Crippen LogP contribution in [0.1, 0.15) is 21.5 Å². The van der Waals surface area contributed by atoms with Crippen LogP contribution in [0.3, 0.4) is 0 Å². The maximum Gasteiger partial charge on any atom is 0.253 e. The van der Waals surface area contributed by atoms with Gasteiger partial charge in [0, 0.05) is 49.0 Å². The van der Waals surface area contributed by atoms with E-state index in [1.807, 2.05) is 18.9 Å². The second-order valence-corrected chi connectivity index (χ2v) is 11.8. The number of halogens is 1. The van der Waals surface area contributed by atoms with Crippen molar-refractivity contribution >= 4 is 39.1 Å². The van der Waals surface area contributed by atoms with Gasteiger partial charge >= 0.3 is 0 Å². The Bertz CT molecular complexity index is 1390. The Morgan fingerprint density at radius 3 is 2.24 bits per heavy atom. The number of hydrogen-bond donors (Lipinski definition) is 1. The molecular formula is C28H31ClN4O4S. The monoisotopic (exact) mass is 554 g/mol. The summed E-state index contributed by atoms with van der Waals surface area (Å²) in [6.45, 7) is 4.45. The number of amides is 2. The summed E-state index contributed by atoms with van der Waals surface area (Å²) >= 11 is 6.10. The Kier molecular flexibility index (Phi) is 8.83. The highest BCUT2D eigenvalue weighted by molar-refractivity contribution is 7.89. The van der Waals surface area contributed by atoms with Crippen LogP contribution in [0.2, 0.25) is 5.02 Å². The van der Waals surface area contributed by atoms with Gasteiger partial charge in [0.2, 0.25) is 15.9 Å². The number of benzene rings is 3. The summed E-state index contributed by atoms with van der Waals surface area (Å²) in [7, 11) is -1.95. The number of nitrogens with one attached hydrogen (secondary N) is 1. The molecule has 0 spiro atoms. The van der Waals surface area contributed by atoms with Crippen LogP contribution in [0.5, 0.6) is 0 Å². The minimum Gasteiger partial charge on any atom is -0.336 e. The summed E-state index contributed by atoms with van der Waals surface area (Å²) in [5, 5.41) is 3.23. The molecule has 0 bridgehead atoms. The van der Waals surface area contributed by atoms with Crippen molar-refractivity contribution in [3.8, 4) is 0 Å². The lowest BCUT2D eigenvalue weighted by Crippen LogP contribution is -2.47. The lowest BCUT2D eigenvalue weighted by atomic mass is 10.1. The number of hydrogen-bond acceptors (Lipinski definition) is 5. The molecule has 38 heavy (non-hydrogen) atoms. The van der Waals surface area contributed by atoms with Gasteiger partial charge in [-0.15, -0.1) is 0 Å². The molecule has 10 heteroatoms. The molecular weight excluding hydrogens is 524 g/mol. The fourth-order valence-corrected chi connectivity index (χ4v) is 5.77. The lowest BCUT2D eigenvalue weighted by Gasteiger charge is -2.32. The molecule has 0 radical (unpaired) electrons. The predicted molar refractivity (Wildman–Crippen MR) is 149 cm³/mol. The van der Waals surface area contributed by atoms with Crippen molar-refractivity contribution in [2.24, 2.45) is 0 Å². The summed E-state index contributed by atoms with van der Waals surface area (Å²) in [6, 6.07) is 20.0. The number of carbonyl (C=O) groups excluding carboxylic acids is 2. The van der Waals surface area contributed by atoms with Crippen LogP contribution in [0, 0.1) is 6.92 Å². The highest BCUT2D eigenvalue weighted by atomic mass is 35.5. The molecule has 3 aromatic rings. The normalized spacial score (nSPS) is 14.5. The molecule has 2 amide bonds. The van der Waals surface area contributed by atoms with Crippen molar-refractivity contribution in [3.63, 3.8) is 0 Å². The van der Waals surface area contributed by atoms with E-state index in [9.17, 15) is 18.0 Å². The van der Waals surface area contributed by atoms with E-state index in [1.165, 1.54) is 12.1 Å². The van der Waals surface area contributed by atoms with Gasteiger partial charge in [-0.3, -0.25) is 9.59 Å². The zero-order valence-corrected chi connectivity index (χ0v) is 23.0. The van der Waals surface area contributed by atoms with Crippen molar-refractivity contribution in [2.75, 3.05) is 45.1 Å². The van der Waals surface area contributed by atoms with Gasteiger partial charge in [0.15, 0.2) is 0 Å². The third-order valence-electron chi connectivity index (χ3n) is 6.43. The van der Waals surface area contributed by atoms with Crippen LogP contribution >= 0.6 is 11.6 Å². The van der Waals surface area contributed by atoms with Crippen LogP contribution in [-0.2, 0) is 21.4 Å². The van der Waals surface area contributed by atoms with E-state index in [4.69, 9.17) is 11.6 Å². The Morgan fingerprint density at radius 2 is 1.61 bits per heavy atom. The van der Waals surface area contributed by atoms with E-state index in [-0.39, 0.29) is 17.3 Å². The average molecular weight is 555 g/mol. The van der Waals surface area contributed by atoms with Gasteiger partial charge in [0.05, 0.1) is 11.4 Å². The third kappa shape index (κ3) is 6.99. The Morgan fingerprint density at radius 1 is 0.947 bits per heavy atom. The summed E-state index contributed by atoms with van der Waals surface area (Å²) < 4.78 is 28.1. The maximum atomic E-state index is 13.5. The van der Waals surface area contributed by atoms with Crippen LogP contribution in [-0.4, -0.2) is 74.1 Å². The number of piperazine rings is 1. The molecule has 0 unspecified atom stereocenters. The smallest absolute Gasteiger partial charge is 0.253 e. The number of likely N-dealkylation sites (N-methyl/N-ethyl adjacent to an activating group) is 1. The Balaban J connectivity index is 1.47. The van der Waals surface area contributed by atoms with Gasteiger partial charge in [0.25, 0.3) is 5.91 Å². The molecule has 1 heterocycles. The van der Waals surface area contributed by atoms with E-state index in [0.29, 0.717) is 34.9 Å². The minimum atomic E-state index is -3.97. The van der Waals surface area contributed by atoms with E-state index < -0.39 is 22.5 Å². The molecule has 1 fully saturated rings. The first kappa shape index (κ1) is 27.8. The highest BCUT2D eigenvalue weighted by Crippen LogP contribution is 2.21. The summed E-state index contributed by atoms with van der Waals surface area (Å²) in [6.07, 6.45) is 0. The average Bonchev–Trinajstić information content (AvgIpc) is 2.89. The summed E-state index contributed by atoms with van der Waals surface area (Å²) in [5.41, 5.74) is 2.60. The van der Waals surface area contributed by atoms with E-state index in [0.717, 1.165) is 23.0 Å². The van der Waals surface area contributed by atoms with Gasteiger partial charge in [-0.1, -0.05) is 41.4 Å². The van der Waals surface area contributed by atoms with Crippen molar-refractivity contribution in [1.29, 1.82) is 0 Å². The molecule has 1 aliphatic heterocycles. The predicted octanol–water partition coefficient (Wildman–Crippen LogP) is 3.87. The molecule has 0 aromatic heterocycles. The molecule has 8 nitrogen and oxygen atoms in total. The second kappa shape index (κ2) is 12.1. The number of carbonyl (C=O) groups is 2. The minimum absolute atomic E-state index is 0.0251. The number of sulfonamides is 1. The molecule has 0 saturated carbocycles. The molecule has 0 atom stereocenters. The zero-order valence-electron chi connectivity index (χ0n) is 21.4. The van der Waals surface area contributed by atoms with Gasteiger partial charge in [-0.2, -0.15) is 4.31 Å². The Hall–Kier alpha value is -3.24. The van der Waals surface area contributed by atoms with Gasteiger partial charge in [-0.05, 0) is 68.1 Å². The first-order valence-electron chi connectivity index (χ1n) is 12.3. The van der Waals surface area contributed by atoms with Gasteiger partial charge in [-0.25, -0.2) is 8.42 Å². The van der Waals surface area contributed by atoms with Crippen molar-refractivity contribution in [3.05, 3.63) is 94.5 Å². The van der Waals surface area contributed by atoms with Gasteiger partial charge in [0.1, 0.15) is 0 Å². The van der Waals surface area contributed by atoms with Gasteiger partial charge < -0.3 is 15.1 Å². The number of aryl methyl sites for hydroxylation is 1. The second-order valence-electron chi connectivity index (χ2n) is 9.44. The van der Waals surface area contributed by atoms with E-state index in [2.05, 4.69) is 10.2 Å². The van der Waals surface area contributed by atoms with Crippen molar-refractivity contribution in [1.82, 2.24) is 14.1 Å². The van der Waals surface area contributed by atoms with Crippen molar-refractivity contribution < 1.29 is 18.0 Å². The maximum absolute atomic E-state index is 13.5. The summed E-state index contributed by atoms with van der Waals surface area (Å²) in [5.74, 6) is -0.547. The molecule has 4 rings (SSSR count). The molecule has 1 saturated heterocycles. The first-order chi connectivity index (χ1) is 18.1. The fourth-order valence-electron chi connectivity index (χ4n) is 4.17. The van der Waals surface area contributed by atoms with Crippen LogP contribution < -0.4 is 5.32 Å². The SMILES string of the molecule is Cc1ccc(S(=O)(=O)N(CC(=O)Nc2ccc(C(=O)N3CCN(C)CC3)cc2)Cc2cccc(Cl)c2)cc1. The molecule has 3 aromatic carbocycles. The van der Waals surface area contributed by atoms with Crippen molar-refractivity contribution in [2.45, 2.75) is 18.4 Å². The third-order valence-corrected chi connectivity index (χ3v) is 8.47.